The van der Waals surface area contributed by atoms with Crippen molar-refractivity contribution in [2.45, 2.75) is 26.4 Å². The fourth-order valence-corrected chi connectivity index (χ4v) is 1.56. The number of para-hydroxylation sites is 1. The molecule has 1 N–H and O–H groups in total. The third kappa shape index (κ3) is 3.79. The van der Waals surface area contributed by atoms with Crippen molar-refractivity contribution in [3.8, 4) is 11.5 Å². The van der Waals surface area contributed by atoms with Gasteiger partial charge in [0, 0.05) is 18.2 Å². The van der Waals surface area contributed by atoms with Crippen LogP contribution in [0.3, 0.4) is 0 Å². The topological polar surface area (TPSA) is 30.5 Å². The van der Waals surface area contributed by atoms with E-state index in [2.05, 4.69) is 18.8 Å². The molecule has 0 aromatic heterocycles. The molecule has 1 atom stereocenters. The van der Waals surface area contributed by atoms with Gasteiger partial charge in [-0.05, 0) is 19.9 Å². The second-order valence-electron chi connectivity index (χ2n) is 3.79. The van der Waals surface area contributed by atoms with Gasteiger partial charge in [-0.1, -0.05) is 18.2 Å². The highest BCUT2D eigenvalue weighted by atomic mass is 16.5. The van der Waals surface area contributed by atoms with Crippen molar-refractivity contribution in [3.63, 3.8) is 0 Å². The van der Waals surface area contributed by atoms with Crippen molar-refractivity contribution in [1.29, 1.82) is 0 Å². The maximum absolute atomic E-state index is 5.53. The number of hydrogen-bond donors (Lipinski definition) is 1. The first-order valence-corrected chi connectivity index (χ1v) is 5.87. The Hall–Kier alpha value is -1.48. The Morgan fingerprint density at radius 2 is 2.24 bits per heavy atom. The van der Waals surface area contributed by atoms with Gasteiger partial charge in [0.2, 0.25) is 0 Å². The summed E-state index contributed by atoms with van der Waals surface area (Å²) in [5, 5.41) is 3.34. The van der Waals surface area contributed by atoms with Crippen LogP contribution in [-0.4, -0.2) is 19.8 Å². The number of benzene rings is 1. The molecule has 3 nitrogen and oxygen atoms in total. The molecule has 1 unspecified atom stereocenters. The normalized spacial score (nSPS) is 11.9. The first-order chi connectivity index (χ1) is 8.22. The lowest BCUT2D eigenvalue weighted by Crippen LogP contribution is -2.23. The summed E-state index contributed by atoms with van der Waals surface area (Å²) in [6.07, 6.45) is 1.87. The molecule has 0 bridgehead atoms. The summed E-state index contributed by atoms with van der Waals surface area (Å²) in [5.74, 6) is 1.60. The molecule has 0 aliphatic heterocycles. The summed E-state index contributed by atoms with van der Waals surface area (Å²) in [4.78, 5) is 0. The Labute approximate surface area is 103 Å². The summed E-state index contributed by atoms with van der Waals surface area (Å²) in [5.41, 5.74) is 1.09. The van der Waals surface area contributed by atoms with Gasteiger partial charge in [0.05, 0.1) is 13.7 Å². The summed E-state index contributed by atoms with van der Waals surface area (Å²) in [6.45, 7) is 9.14. The van der Waals surface area contributed by atoms with E-state index in [1.807, 2.05) is 31.2 Å². The number of hydrogen-bond acceptors (Lipinski definition) is 3. The lowest BCUT2D eigenvalue weighted by molar-refractivity contribution is 0.308. The van der Waals surface area contributed by atoms with E-state index in [1.165, 1.54) is 0 Å². The van der Waals surface area contributed by atoms with Crippen molar-refractivity contribution in [2.75, 3.05) is 13.7 Å². The molecule has 0 saturated carbocycles. The molecule has 17 heavy (non-hydrogen) atoms. The molecule has 1 rings (SSSR count). The lowest BCUT2D eigenvalue weighted by Gasteiger charge is -2.15. The van der Waals surface area contributed by atoms with E-state index in [-0.39, 0.29) is 6.04 Å². The van der Waals surface area contributed by atoms with Crippen molar-refractivity contribution >= 4 is 0 Å². The molecule has 0 heterocycles. The molecule has 0 aliphatic carbocycles. The number of methoxy groups -OCH3 is 1. The van der Waals surface area contributed by atoms with E-state index >= 15 is 0 Å². The van der Waals surface area contributed by atoms with Gasteiger partial charge >= 0.3 is 0 Å². The van der Waals surface area contributed by atoms with Gasteiger partial charge < -0.3 is 14.8 Å². The Morgan fingerprint density at radius 1 is 1.47 bits per heavy atom. The van der Waals surface area contributed by atoms with Crippen molar-refractivity contribution < 1.29 is 9.47 Å². The highest BCUT2D eigenvalue weighted by Crippen LogP contribution is 2.30. The van der Waals surface area contributed by atoms with E-state index in [9.17, 15) is 0 Å². The molecule has 0 spiro atoms. The second kappa shape index (κ2) is 6.97. The smallest absolute Gasteiger partial charge is 0.165 e. The van der Waals surface area contributed by atoms with Crippen LogP contribution in [0.1, 0.15) is 19.4 Å². The van der Waals surface area contributed by atoms with Crippen LogP contribution in [0.2, 0.25) is 0 Å². The van der Waals surface area contributed by atoms with Crippen LogP contribution in [0.25, 0.3) is 0 Å². The van der Waals surface area contributed by atoms with Crippen molar-refractivity contribution in [3.05, 3.63) is 36.4 Å². The molecule has 1 aromatic carbocycles. The van der Waals surface area contributed by atoms with Gasteiger partial charge in [0.25, 0.3) is 0 Å². The minimum Gasteiger partial charge on any atom is -0.493 e. The SMILES string of the molecule is C=CC(C)NCc1cccc(OCC)c1OC. The zero-order valence-electron chi connectivity index (χ0n) is 10.8. The molecule has 0 aliphatic rings. The van der Waals surface area contributed by atoms with E-state index in [0.29, 0.717) is 6.61 Å². The van der Waals surface area contributed by atoms with Gasteiger partial charge in [-0.3, -0.25) is 0 Å². The standard InChI is InChI=1S/C14H21NO2/c1-5-11(3)15-10-12-8-7-9-13(17-6-2)14(12)16-4/h5,7-9,11,15H,1,6,10H2,2-4H3. The third-order valence-electron chi connectivity index (χ3n) is 2.53. The first-order valence-electron chi connectivity index (χ1n) is 5.87. The van der Waals surface area contributed by atoms with Crippen LogP contribution in [0, 0.1) is 0 Å². The molecule has 0 saturated heterocycles. The van der Waals surface area contributed by atoms with Crippen LogP contribution in [0.4, 0.5) is 0 Å². The average Bonchev–Trinajstić information content (AvgIpc) is 2.36. The molecule has 0 fully saturated rings. The van der Waals surface area contributed by atoms with Crippen LogP contribution >= 0.6 is 0 Å². The number of ether oxygens (including phenoxy) is 2. The van der Waals surface area contributed by atoms with E-state index < -0.39 is 0 Å². The average molecular weight is 235 g/mol. The second-order valence-corrected chi connectivity index (χ2v) is 3.79. The van der Waals surface area contributed by atoms with Crippen molar-refractivity contribution in [1.82, 2.24) is 5.32 Å². The van der Waals surface area contributed by atoms with Gasteiger partial charge in [0.15, 0.2) is 11.5 Å². The van der Waals surface area contributed by atoms with Gasteiger partial charge in [0.1, 0.15) is 0 Å². The summed E-state index contributed by atoms with van der Waals surface area (Å²) in [7, 11) is 1.66. The van der Waals surface area contributed by atoms with E-state index in [4.69, 9.17) is 9.47 Å². The van der Waals surface area contributed by atoms with Gasteiger partial charge in [-0.2, -0.15) is 0 Å². The first kappa shape index (κ1) is 13.6. The number of nitrogens with one attached hydrogen (secondary N) is 1. The number of rotatable bonds is 7. The summed E-state index contributed by atoms with van der Waals surface area (Å²) in [6, 6.07) is 6.20. The quantitative estimate of drug-likeness (QED) is 0.737. The maximum atomic E-state index is 5.53. The Kier molecular flexibility index (Phi) is 5.57. The molecule has 0 amide bonds. The fourth-order valence-electron chi connectivity index (χ4n) is 1.56. The molecular formula is C14H21NO2. The minimum absolute atomic E-state index is 0.274. The molecule has 0 radical (unpaired) electrons. The zero-order chi connectivity index (χ0) is 12.7. The zero-order valence-corrected chi connectivity index (χ0v) is 10.8. The van der Waals surface area contributed by atoms with Gasteiger partial charge in [-0.15, -0.1) is 6.58 Å². The van der Waals surface area contributed by atoms with E-state index in [0.717, 1.165) is 23.6 Å². The van der Waals surface area contributed by atoms with Crippen LogP contribution in [0.5, 0.6) is 11.5 Å². The van der Waals surface area contributed by atoms with Gasteiger partial charge in [-0.25, -0.2) is 0 Å². The molecule has 94 valence electrons. The van der Waals surface area contributed by atoms with Crippen molar-refractivity contribution in [2.24, 2.45) is 0 Å². The van der Waals surface area contributed by atoms with Crippen LogP contribution < -0.4 is 14.8 Å². The summed E-state index contributed by atoms with van der Waals surface area (Å²) >= 11 is 0. The Balaban J connectivity index is 2.83. The minimum atomic E-state index is 0.274. The Morgan fingerprint density at radius 3 is 2.82 bits per heavy atom. The van der Waals surface area contributed by atoms with E-state index in [1.54, 1.807) is 7.11 Å². The highest BCUT2D eigenvalue weighted by Gasteiger charge is 2.09. The monoisotopic (exact) mass is 235 g/mol. The Bertz CT molecular complexity index is 363. The predicted octanol–water partition coefficient (Wildman–Crippen LogP) is 2.76. The maximum Gasteiger partial charge on any atom is 0.165 e. The molecule has 3 heteroatoms. The molecule has 1 aromatic rings. The third-order valence-corrected chi connectivity index (χ3v) is 2.53. The molecular weight excluding hydrogens is 214 g/mol. The lowest BCUT2D eigenvalue weighted by atomic mass is 10.1. The summed E-state index contributed by atoms with van der Waals surface area (Å²) < 4.78 is 10.9. The largest absolute Gasteiger partial charge is 0.493 e. The highest BCUT2D eigenvalue weighted by molar-refractivity contribution is 5.46. The van der Waals surface area contributed by atoms with Crippen LogP contribution in [0.15, 0.2) is 30.9 Å². The van der Waals surface area contributed by atoms with Crippen LogP contribution in [-0.2, 0) is 6.54 Å². The predicted molar refractivity (Wildman–Crippen MR) is 70.7 cm³/mol. The fraction of sp³-hybridized carbons (Fsp3) is 0.429.